The Morgan fingerprint density at radius 1 is 1.37 bits per heavy atom. The number of anilines is 1. The first-order valence-electron chi connectivity index (χ1n) is 4.71. The normalized spacial score (nSPS) is 10.2. The highest BCUT2D eigenvalue weighted by Crippen LogP contribution is 2.23. The van der Waals surface area contributed by atoms with Gasteiger partial charge in [0.05, 0.1) is 17.2 Å². The second kappa shape index (κ2) is 5.02. The van der Waals surface area contributed by atoms with Crippen LogP contribution in [0.3, 0.4) is 0 Å². The molecule has 1 heterocycles. The van der Waals surface area contributed by atoms with Gasteiger partial charge in [-0.1, -0.05) is 4.49 Å². The van der Waals surface area contributed by atoms with Crippen LogP contribution in [0.5, 0.6) is 0 Å². The molecule has 0 aliphatic rings. The zero-order chi connectivity index (χ0) is 14.0. The van der Waals surface area contributed by atoms with Gasteiger partial charge >= 0.3 is 0 Å². The van der Waals surface area contributed by atoms with E-state index in [1.807, 2.05) is 0 Å². The van der Waals surface area contributed by atoms with Gasteiger partial charge in [-0.15, -0.1) is 5.10 Å². The monoisotopic (exact) mass is 286 g/mol. The molecule has 19 heavy (non-hydrogen) atoms. The van der Waals surface area contributed by atoms with Crippen molar-refractivity contribution in [3.8, 4) is 0 Å². The van der Waals surface area contributed by atoms with Crippen LogP contribution >= 0.6 is 11.5 Å². The second-order valence-corrected chi connectivity index (χ2v) is 4.06. The zero-order valence-corrected chi connectivity index (χ0v) is 9.78. The second-order valence-electron chi connectivity index (χ2n) is 3.28. The van der Waals surface area contributed by atoms with Crippen molar-refractivity contribution in [1.29, 1.82) is 0 Å². The highest BCUT2D eigenvalue weighted by atomic mass is 32.1. The maximum absolute atomic E-state index is 13.1. The average molecular weight is 286 g/mol. The molecule has 1 amide bonds. The Morgan fingerprint density at radius 2 is 2.05 bits per heavy atom. The minimum atomic E-state index is -1.40. The molecule has 0 aliphatic carbocycles. The molecule has 2 aromatic rings. The number of hydrogen-bond acceptors (Lipinski definition) is 6. The van der Waals surface area contributed by atoms with Gasteiger partial charge in [-0.3, -0.25) is 14.9 Å². The molecule has 0 fully saturated rings. The van der Waals surface area contributed by atoms with Crippen molar-refractivity contribution < 1.29 is 18.5 Å². The fraction of sp³-hybridized carbons (Fsp3) is 0. The first-order valence-corrected chi connectivity index (χ1v) is 5.48. The summed E-state index contributed by atoms with van der Waals surface area (Å²) in [5, 5.41) is 16.6. The number of benzene rings is 1. The number of aromatic nitrogens is 2. The summed E-state index contributed by atoms with van der Waals surface area (Å²) < 4.78 is 29.5. The summed E-state index contributed by atoms with van der Waals surface area (Å²) in [6.45, 7) is 0. The summed E-state index contributed by atoms with van der Waals surface area (Å²) in [5.41, 5.74) is -1.41. The van der Waals surface area contributed by atoms with E-state index < -0.39 is 33.7 Å². The summed E-state index contributed by atoms with van der Waals surface area (Å²) in [4.78, 5) is 21.5. The maximum atomic E-state index is 13.1. The van der Waals surface area contributed by atoms with Crippen LogP contribution in [-0.4, -0.2) is 20.4 Å². The molecule has 0 saturated heterocycles. The number of nitrogens with one attached hydrogen (secondary N) is 1. The Bertz CT molecular complexity index is 647. The third-order valence-corrected chi connectivity index (χ3v) is 2.66. The molecular formula is C9H4F2N4O3S. The molecule has 2 rings (SSSR count). The molecule has 1 aromatic heterocycles. The van der Waals surface area contributed by atoms with Crippen LogP contribution in [0, 0.1) is 21.7 Å². The van der Waals surface area contributed by atoms with Crippen LogP contribution in [0.1, 0.15) is 10.4 Å². The van der Waals surface area contributed by atoms with Crippen molar-refractivity contribution in [3.63, 3.8) is 0 Å². The molecule has 0 saturated carbocycles. The lowest BCUT2D eigenvalue weighted by Gasteiger charge is -2.03. The number of carbonyl (C=O) groups excluding carboxylic acids is 1. The molecule has 0 radical (unpaired) electrons. The molecule has 7 nitrogen and oxygen atoms in total. The van der Waals surface area contributed by atoms with Crippen molar-refractivity contribution in [3.05, 3.63) is 45.6 Å². The molecule has 0 bridgehead atoms. The van der Waals surface area contributed by atoms with E-state index in [1.54, 1.807) is 0 Å². The Labute approximate surface area is 108 Å². The van der Waals surface area contributed by atoms with Gasteiger partial charge < -0.3 is 5.32 Å². The number of nitro groups is 1. The number of amides is 1. The molecule has 0 aliphatic heterocycles. The zero-order valence-electron chi connectivity index (χ0n) is 8.96. The topological polar surface area (TPSA) is 98.0 Å². The van der Waals surface area contributed by atoms with E-state index in [0.29, 0.717) is 12.1 Å². The van der Waals surface area contributed by atoms with Crippen LogP contribution in [-0.2, 0) is 0 Å². The quantitative estimate of drug-likeness (QED) is 0.687. The summed E-state index contributed by atoms with van der Waals surface area (Å²) in [6.07, 6.45) is 1.22. The van der Waals surface area contributed by atoms with Crippen LogP contribution in [0.25, 0.3) is 0 Å². The molecule has 1 N–H and O–H groups in total. The fourth-order valence-electron chi connectivity index (χ4n) is 1.27. The molecule has 10 heteroatoms. The number of nitro benzene ring substituents is 1. The van der Waals surface area contributed by atoms with Gasteiger partial charge in [-0.2, -0.15) is 0 Å². The molecule has 0 unspecified atom stereocenters. The van der Waals surface area contributed by atoms with Gasteiger partial charge in [-0.05, 0) is 6.07 Å². The fourth-order valence-corrected chi connectivity index (χ4v) is 1.69. The van der Waals surface area contributed by atoms with Crippen molar-refractivity contribution >= 4 is 28.1 Å². The van der Waals surface area contributed by atoms with Gasteiger partial charge in [0.1, 0.15) is 10.6 Å². The molecule has 0 atom stereocenters. The first kappa shape index (κ1) is 13.0. The predicted octanol–water partition coefficient (Wildman–Crippen LogP) is 1.98. The van der Waals surface area contributed by atoms with E-state index in [2.05, 4.69) is 14.9 Å². The lowest BCUT2D eigenvalue weighted by Crippen LogP contribution is -2.14. The third-order valence-electron chi connectivity index (χ3n) is 2.08. The summed E-state index contributed by atoms with van der Waals surface area (Å²) in [5.74, 6) is -3.70. The van der Waals surface area contributed by atoms with Crippen molar-refractivity contribution in [2.45, 2.75) is 0 Å². The number of carbonyl (C=O) groups is 1. The number of hydrogen-bond donors (Lipinski definition) is 1. The highest BCUT2D eigenvalue weighted by molar-refractivity contribution is 7.10. The van der Waals surface area contributed by atoms with Crippen LogP contribution in [0.15, 0.2) is 18.3 Å². The van der Waals surface area contributed by atoms with Crippen molar-refractivity contribution in [2.24, 2.45) is 0 Å². The smallest absolute Gasteiger partial charge is 0.285 e. The summed E-state index contributed by atoms with van der Waals surface area (Å²) >= 11 is 0.837. The van der Waals surface area contributed by atoms with E-state index in [1.165, 1.54) is 6.20 Å². The highest BCUT2D eigenvalue weighted by Gasteiger charge is 2.24. The lowest BCUT2D eigenvalue weighted by molar-refractivity contribution is -0.385. The van der Waals surface area contributed by atoms with Crippen molar-refractivity contribution in [2.75, 3.05) is 5.32 Å². The first-order chi connectivity index (χ1) is 8.99. The number of nitrogens with zero attached hydrogens (tertiary/aromatic N) is 3. The maximum Gasteiger partial charge on any atom is 0.285 e. The van der Waals surface area contributed by atoms with Gasteiger partial charge in [0.2, 0.25) is 0 Å². The van der Waals surface area contributed by atoms with Gasteiger partial charge in [0, 0.05) is 11.5 Å². The molecular weight excluding hydrogens is 282 g/mol. The predicted molar refractivity (Wildman–Crippen MR) is 60.9 cm³/mol. The van der Waals surface area contributed by atoms with E-state index in [-0.39, 0.29) is 5.00 Å². The molecule has 1 aromatic carbocycles. The minimum Gasteiger partial charge on any atom is -0.311 e. The van der Waals surface area contributed by atoms with Gasteiger partial charge in [0.25, 0.3) is 11.6 Å². The minimum absolute atomic E-state index is 0.226. The third kappa shape index (κ3) is 2.68. The SMILES string of the molecule is O=C(Nc1cnns1)c1cc(F)c(F)cc1[N+](=O)[O-]. The van der Waals surface area contributed by atoms with Crippen molar-refractivity contribution in [1.82, 2.24) is 9.59 Å². The van der Waals surface area contributed by atoms with E-state index in [9.17, 15) is 23.7 Å². The van der Waals surface area contributed by atoms with E-state index in [0.717, 1.165) is 11.5 Å². The largest absolute Gasteiger partial charge is 0.311 e. The van der Waals surface area contributed by atoms with Crippen LogP contribution in [0.4, 0.5) is 19.5 Å². The summed E-state index contributed by atoms with van der Waals surface area (Å²) in [7, 11) is 0. The Morgan fingerprint density at radius 3 is 2.63 bits per heavy atom. The molecule has 98 valence electrons. The van der Waals surface area contributed by atoms with Crippen LogP contribution < -0.4 is 5.32 Å². The summed E-state index contributed by atoms with van der Waals surface area (Å²) in [6, 6.07) is 0.826. The van der Waals surface area contributed by atoms with E-state index in [4.69, 9.17) is 0 Å². The Kier molecular flexibility index (Phi) is 3.42. The lowest BCUT2D eigenvalue weighted by atomic mass is 10.1. The van der Waals surface area contributed by atoms with Gasteiger partial charge in [-0.25, -0.2) is 8.78 Å². The Hall–Kier alpha value is -2.49. The van der Waals surface area contributed by atoms with Crippen LogP contribution in [0.2, 0.25) is 0 Å². The average Bonchev–Trinajstić information content (AvgIpc) is 2.84. The number of rotatable bonds is 3. The standard InChI is InChI=1S/C9H4F2N4O3S/c10-5-1-4(7(15(17)18)2-6(5)11)9(16)13-8-3-12-14-19-8/h1-3H,(H,13,16). The number of halogens is 2. The Balaban J connectivity index is 2.40. The van der Waals surface area contributed by atoms with Gasteiger partial charge in [0.15, 0.2) is 11.6 Å². The van der Waals surface area contributed by atoms with E-state index >= 15 is 0 Å². The molecule has 0 spiro atoms.